The number of aliphatic hydroxyl groups is 1. The number of nitrogens with zero attached hydrogens (tertiary/aromatic N) is 2. The van der Waals surface area contributed by atoms with E-state index in [-0.39, 0.29) is 17.4 Å². The molecule has 4 fully saturated rings. The van der Waals surface area contributed by atoms with E-state index in [1.165, 1.54) is 19.3 Å². The average molecular weight is 333 g/mol. The minimum absolute atomic E-state index is 0.0682. The minimum atomic E-state index is -0.258. The largest absolute Gasteiger partial charge is 0.392 e. The van der Waals surface area contributed by atoms with E-state index < -0.39 is 0 Å². The molecule has 4 nitrogen and oxygen atoms in total. The van der Waals surface area contributed by atoms with Crippen LogP contribution in [0.15, 0.2) is 36.7 Å². The zero-order valence-electron chi connectivity index (χ0n) is 14.2. The van der Waals surface area contributed by atoms with Gasteiger partial charge in [0, 0.05) is 17.8 Å². The van der Waals surface area contributed by atoms with Crippen LogP contribution in [-0.4, -0.2) is 21.2 Å². The third-order valence-electron chi connectivity index (χ3n) is 7.05. The number of H-pyrrole nitrogens is 1. The predicted molar refractivity (Wildman–Crippen MR) is 93.6 cm³/mol. The highest BCUT2D eigenvalue weighted by Gasteiger charge is 2.60. The van der Waals surface area contributed by atoms with E-state index in [1.54, 1.807) is 6.20 Å². The molecule has 0 radical (unpaired) electrons. The van der Waals surface area contributed by atoms with Crippen LogP contribution in [0, 0.1) is 34.5 Å². The van der Waals surface area contributed by atoms with E-state index in [0.717, 1.165) is 36.1 Å². The second-order valence-electron chi connectivity index (χ2n) is 8.43. The van der Waals surface area contributed by atoms with Crippen LogP contribution in [0.4, 0.5) is 0 Å². The number of nitrogens with one attached hydrogen (secondary N) is 1. The molecule has 128 valence electrons. The number of aromatic nitrogens is 2. The fraction of sp³-hybridized carbons (Fsp3) is 0.524. The number of aliphatic hydroxyl groups excluding tert-OH is 1. The Kier molecular flexibility index (Phi) is 3.30. The van der Waals surface area contributed by atoms with Gasteiger partial charge in [-0.15, -0.1) is 0 Å². The first-order valence-electron chi connectivity index (χ1n) is 9.37. The lowest BCUT2D eigenvalue weighted by Crippen LogP contribution is -2.58. The molecule has 4 atom stereocenters. The van der Waals surface area contributed by atoms with E-state index in [4.69, 9.17) is 5.26 Å². The molecule has 25 heavy (non-hydrogen) atoms. The van der Waals surface area contributed by atoms with Crippen molar-refractivity contribution in [2.75, 3.05) is 0 Å². The first kappa shape index (κ1) is 15.2. The smallest absolute Gasteiger partial charge is 0.114 e. The summed E-state index contributed by atoms with van der Waals surface area (Å²) >= 11 is 0. The first-order valence-corrected chi connectivity index (χ1v) is 9.37. The van der Waals surface area contributed by atoms with Gasteiger partial charge in [0.2, 0.25) is 0 Å². The van der Waals surface area contributed by atoms with E-state index in [9.17, 15) is 5.11 Å². The summed E-state index contributed by atoms with van der Waals surface area (Å²) in [5.41, 5.74) is 1.71. The Bertz CT molecular complexity index is 791. The zero-order chi connectivity index (χ0) is 17.0. The molecule has 0 aliphatic heterocycles. The molecule has 4 bridgehead atoms. The van der Waals surface area contributed by atoms with Crippen molar-refractivity contribution in [3.05, 3.63) is 53.6 Å². The van der Waals surface area contributed by atoms with Gasteiger partial charge < -0.3 is 10.1 Å². The lowest BCUT2D eigenvalue weighted by Gasteiger charge is -2.61. The maximum Gasteiger partial charge on any atom is 0.114 e. The molecule has 4 heteroatoms. The van der Waals surface area contributed by atoms with Crippen molar-refractivity contribution in [2.24, 2.45) is 23.2 Å². The van der Waals surface area contributed by atoms with Crippen LogP contribution >= 0.6 is 0 Å². The van der Waals surface area contributed by atoms with Crippen LogP contribution in [0.25, 0.3) is 0 Å². The Morgan fingerprint density at radius 1 is 1.16 bits per heavy atom. The summed E-state index contributed by atoms with van der Waals surface area (Å²) in [4.78, 5) is 7.92. The summed E-state index contributed by atoms with van der Waals surface area (Å²) in [6.45, 7) is 0. The number of benzene rings is 1. The van der Waals surface area contributed by atoms with E-state index >= 15 is 0 Å². The lowest BCUT2D eigenvalue weighted by molar-refractivity contribution is -0.162. The Morgan fingerprint density at radius 3 is 2.48 bits per heavy atom. The van der Waals surface area contributed by atoms with Gasteiger partial charge >= 0.3 is 0 Å². The second-order valence-corrected chi connectivity index (χ2v) is 8.43. The summed E-state index contributed by atoms with van der Waals surface area (Å²) in [6, 6.07) is 10.1. The Labute approximate surface area is 147 Å². The quantitative estimate of drug-likeness (QED) is 0.901. The van der Waals surface area contributed by atoms with Gasteiger partial charge in [-0.25, -0.2) is 4.98 Å². The van der Waals surface area contributed by atoms with Gasteiger partial charge in [0.15, 0.2) is 0 Å². The lowest BCUT2D eigenvalue weighted by atomic mass is 9.44. The summed E-state index contributed by atoms with van der Waals surface area (Å²) < 4.78 is 0. The molecule has 4 unspecified atom stereocenters. The summed E-state index contributed by atoms with van der Waals surface area (Å²) in [5, 5.41) is 20.4. The maximum atomic E-state index is 11.3. The van der Waals surface area contributed by atoms with E-state index in [2.05, 4.69) is 28.2 Å². The van der Waals surface area contributed by atoms with E-state index in [1.807, 2.05) is 18.3 Å². The first-order chi connectivity index (χ1) is 12.2. The van der Waals surface area contributed by atoms with Crippen LogP contribution in [-0.2, 0) is 0 Å². The van der Waals surface area contributed by atoms with Crippen LogP contribution in [0.1, 0.15) is 55.0 Å². The molecule has 4 aliphatic rings. The van der Waals surface area contributed by atoms with Crippen molar-refractivity contribution < 1.29 is 5.11 Å². The molecular formula is C21H23N3O. The van der Waals surface area contributed by atoms with Gasteiger partial charge in [0.25, 0.3) is 0 Å². The molecule has 2 N–H and O–H groups in total. The molecule has 4 saturated carbocycles. The number of imidazole rings is 1. The molecule has 0 amide bonds. The number of nitriles is 1. The summed E-state index contributed by atoms with van der Waals surface area (Å²) in [7, 11) is 0. The third kappa shape index (κ3) is 2.19. The van der Waals surface area contributed by atoms with Gasteiger partial charge in [-0.2, -0.15) is 5.26 Å². The zero-order valence-corrected chi connectivity index (χ0v) is 14.2. The Balaban J connectivity index is 1.64. The normalized spacial score (nSPS) is 37.0. The highest BCUT2D eigenvalue weighted by Crippen LogP contribution is 2.65. The van der Waals surface area contributed by atoms with Gasteiger partial charge in [0.05, 0.1) is 23.7 Å². The number of rotatable bonds is 3. The molecule has 0 saturated heterocycles. The molecule has 1 aromatic heterocycles. The van der Waals surface area contributed by atoms with Gasteiger partial charge in [-0.1, -0.05) is 12.1 Å². The molecule has 2 aromatic rings. The molecule has 1 aromatic carbocycles. The van der Waals surface area contributed by atoms with Crippen molar-refractivity contribution in [3.8, 4) is 6.07 Å². The highest BCUT2D eigenvalue weighted by atomic mass is 16.3. The van der Waals surface area contributed by atoms with Gasteiger partial charge in [0.1, 0.15) is 5.82 Å². The van der Waals surface area contributed by atoms with Crippen LogP contribution < -0.4 is 0 Å². The van der Waals surface area contributed by atoms with Crippen molar-refractivity contribution in [1.82, 2.24) is 9.97 Å². The van der Waals surface area contributed by atoms with Crippen LogP contribution in [0.3, 0.4) is 0 Å². The fourth-order valence-electron chi connectivity index (χ4n) is 6.43. The van der Waals surface area contributed by atoms with Crippen molar-refractivity contribution in [2.45, 2.75) is 44.1 Å². The van der Waals surface area contributed by atoms with Crippen LogP contribution in [0.2, 0.25) is 0 Å². The molecule has 4 aliphatic carbocycles. The molecule has 6 rings (SSSR count). The topological polar surface area (TPSA) is 72.7 Å². The van der Waals surface area contributed by atoms with Crippen molar-refractivity contribution in [3.63, 3.8) is 0 Å². The SMILES string of the molecule is N#Cc1ccc(C(c2ncc[nH]2)C23CC4CC(CC(C4)C2O)C3)cc1. The van der Waals surface area contributed by atoms with Gasteiger partial charge in [-0.3, -0.25) is 0 Å². The molecule has 0 spiro atoms. The van der Waals surface area contributed by atoms with Crippen LogP contribution in [0.5, 0.6) is 0 Å². The minimum Gasteiger partial charge on any atom is -0.392 e. The molecular weight excluding hydrogens is 310 g/mol. The number of hydrogen-bond acceptors (Lipinski definition) is 3. The highest BCUT2D eigenvalue weighted by molar-refractivity contribution is 5.37. The Hall–Kier alpha value is -2.12. The number of hydrogen-bond donors (Lipinski definition) is 2. The molecule has 1 heterocycles. The average Bonchev–Trinajstić information content (AvgIpc) is 3.14. The standard InChI is InChI=1S/C21H23N3O/c22-12-13-1-3-16(4-2-13)18(20-23-5-6-24-20)21-10-14-7-15(11-21)9-17(8-14)19(21)25/h1-6,14-15,17-19,25H,7-11H2,(H,23,24). The second kappa shape index (κ2) is 5.44. The van der Waals surface area contributed by atoms with Crippen molar-refractivity contribution in [1.29, 1.82) is 5.26 Å². The Morgan fingerprint density at radius 2 is 1.88 bits per heavy atom. The van der Waals surface area contributed by atoms with E-state index in [0.29, 0.717) is 11.5 Å². The summed E-state index contributed by atoms with van der Waals surface area (Å²) in [6.07, 6.45) is 9.32. The third-order valence-corrected chi connectivity index (χ3v) is 7.05. The maximum absolute atomic E-state index is 11.3. The van der Waals surface area contributed by atoms with Crippen molar-refractivity contribution >= 4 is 0 Å². The monoisotopic (exact) mass is 333 g/mol. The van der Waals surface area contributed by atoms with Gasteiger partial charge in [-0.05, 0) is 67.6 Å². The fourth-order valence-corrected chi connectivity index (χ4v) is 6.43. The summed E-state index contributed by atoms with van der Waals surface area (Å²) in [5.74, 6) is 2.96. The predicted octanol–water partition coefficient (Wildman–Crippen LogP) is 3.60. The number of aromatic amines is 1.